The molecular formula is C24H24FN5O3. The Balaban J connectivity index is 1.80. The van der Waals surface area contributed by atoms with Crippen molar-refractivity contribution in [3.63, 3.8) is 0 Å². The van der Waals surface area contributed by atoms with E-state index in [-0.39, 0.29) is 17.4 Å². The fourth-order valence-corrected chi connectivity index (χ4v) is 4.58. The number of nitriles is 1. The number of benzene rings is 2. The van der Waals surface area contributed by atoms with Crippen LogP contribution in [0.4, 0.5) is 10.1 Å². The van der Waals surface area contributed by atoms with Gasteiger partial charge in [-0.2, -0.15) is 5.26 Å². The first-order valence-electron chi connectivity index (χ1n) is 11.0. The van der Waals surface area contributed by atoms with E-state index in [0.29, 0.717) is 54.3 Å². The highest BCUT2D eigenvalue weighted by atomic mass is 19.1. The van der Waals surface area contributed by atoms with Crippen LogP contribution in [0.5, 0.6) is 5.75 Å². The van der Waals surface area contributed by atoms with E-state index in [1.54, 1.807) is 18.2 Å². The zero-order valence-corrected chi connectivity index (χ0v) is 18.3. The number of nitrogens with one attached hydrogen (secondary N) is 1. The smallest absolute Gasteiger partial charge is 0.266 e. The topological polar surface area (TPSA) is 92.4 Å². The number of fused-ring (bicyclic) bond motifs is 1. The van der Waals surface area contributed by atoms with E-state index in [1.807, 2.05) is 0 Å². The number of aromatic nitrogens is 2. The lowest BCUT2D eigenvalue weighted by atomic mass is 10.1. The number of ether oxygens (including phenoxy) is 2. The summed E-state index contributed by atoms with van der Waals surface area (Å²) >= 11 is 0. The van der Waals surface area contributed by atoms with Gasteiger partial charge in [-0.1, -0.05) is 0 Å². The van der Waals surface area contributed by atoms with Crippen LogP contribution in [0.25, 0.3) is 16.6 Å². The molecular weight excluding hydrogens is 425 g/mol. The minimum Gasteiger partial charge on any atom is -0.494 e. The third-order valence-electron chi connectivity index (χ3n) is 6.23. The predicted octanol–water partition coefficient (Wildman–Crippen LogP) is 2.67. The maximum atomic E-state index is 14.6. The highest BCUT2D eigenvalue weighted by molar-refractivity contribution is 5.92. The molecule has 1 atom stereocenters. The van der Waals surface area contributed by atoms with Gasteiger partial charge >= 0.3 is 0 Å². The Hall–Kier alpha value is -3.48. The Morgan fingerprint density at radius 3 is 2.76 bits per heavy atom. The zero-order valence-electron chi connectivity index (χ0n) is 18.3. The van der Waals surface area contributed by atoms with Crippen LogP contribution in [-0.2, 0) is 4.74 Å². The zero-order chi connectivity index (χ0) is 22.9. The quantitative estimate of drug-likeness (QED) is 0.655. The first kappa shape index (κ1) is 21.4. The molecule has 5 rings (SSSR count). The van der Waals surface area contributed by atoms with Crippen molar-refractivity contribution in [2.24, 2.45) is 0 Å². The summed E-state index contributed by atoms with van der Waals surface area (Å²) in [6.07, 6.45) is 1.78. The largest absolute Gasteiger partial charge is 0.494 e. The highest BCUT2D eigenvalue weighted by Gasteiger charge is 2.26. The third-order valence-corrected chi connectivity index (χ3v) is 6.23. The molecule has 33 heavy (non-hydrogen) atoms. The number of halogens is 1. The van der Waals surface area contributed by atoms with Gasteiger partial charge in [0.1, 0.15) is 11.3 Å². The Labute approximate surface area is 190 Å². The second-order valence-corrected chi connectivity index (χ2v) is 8.18. The summed E-state index contributed by atoms with van der Waals surface area (Å²) in [6.45, 7) is 3.25. The molecule has 0 spiro atoms. The van der Waals surface area contributed by atoms with Gasteiger partial charge in [0.25, 0.3) is 5.56 Å². The first-order valence-corrected chi connectivity index (χ1v) is 11.0. The molecule has 2 fully saturated rings. The lowest BCUT2D eigenvalue weighted by Gasteiger charge is -2.30. The first-order chi connectivity index (χ1) is 16.1. The summed E-state index contributed by atoms with van der Waals surface area (Å²) in [4.78, 5) is 20.9. The average molecular weight is 449 g/mol. The van der Waals surface area contributed by atoms with Gasteiger partial charge in [0.15, 0.2) is 11.6 Å². The molecule has 0 amide bonds. The van der Waals surface area contributed by atoms with Crippen LogP contribution in [0, 0.1) is 17.1 Å². The van der Waals surface area contributed by atoms with E-state index in [9.17, 15) is 14.4 Å². The van der Waals surface area contributed by atoms with Crippen molar-refractivity contribution in [1.82, 2.24) is 14.9 Å². The molecule has 9 heteroatoms. The molecule has 2 aliphatic heterocycles. The van der Waals surface area contributed by atoms with Crippen LogP contribution >= 0.6 is 0 Å². The summed E-state index contributed by atoms with van der Waals surface area (Å²) in [5.74, 6) is 0.0725. The minimum atomic E-state index is -0.563. The van der Waals surface area contributed by atoms with E-state index in [4.69, 9.17) is 14.5 Å². The summed E-state index contributed by atoms with van der Waals surface area (Å²) in [5.41, 5.74) is 1.71. The Morgan fingerprint density at radius 1 is 1.27 bits per heavy atom. The lowest BCUT2D eigenvalue weighted by molar-refractivity contribution is 0.123. The Bertz CT molecular complexity index is 1300. The van der Waals surface area contributed by atoms with E-state index in [0.717, 1.165) is 25.1 Å². The van der Waals surface area contributed by atoms with Gasteiger partial charge in [-0.3, -0.25) is 9.36 Å². The van der Waals surface area contributed by atoms with Crippen LogP contribution < -0.4 is 20.5 Å². The highest BCUT2D eigenvalue weighted by Crippen LogP contribution is 2.31. The molecule has 8 nitrogen and oxygen atoms in total. The van der Waals surface area contributed by atoms with Crippen molar-refractivity contribution in [2.45, 2.75) is 18.9 Å². The summed E-state index contributed by atoms with van der Waals surface area (Å²) in [5, 5.41) is 13.4. The molecule has 170 valence electrons. The maximum Gasteiger partial charge on any atom is 0.266 e. The van der Waals surface area contributed by atoms with E-state index < -0.39 is 5.82 Å². The molecule has 1 unspecified atom stereocenters. The number of hydrogen-bond acceptors (Lipinski definition) is 7. The molecule has 3 aromatic rings. The van der Waals surface area contributed by atoms with Crippen LogP contribution in [0.15, 0.2) is 35.1 Å². The van der Waals surface area contributed by atoms with Gasteiger partial charge in [0.05, 0.1) is 54.8 Å². The summed E-state index contributed by atoms with van der Waals surface area (Å²) < 4.78 is 26.5. The molecule has 0 bridgehead atoms. The number of morpholine rings is 1. The maximum absolute atomic E-state index is 14.6. The number of anilines is 1. The van der Waals surface area contributed by atoms with Gasteiger partial charge in [-0.25, -0.2) is 9.37 Å². The molecule has 2 saturated heterocycles. The van der Waals surface area contributed by atoms with Gasteiger partial charge in [0, 0.05) is 19.2 Å². The standard InChI is InChI=1S/C24H24FN5O3/c1-32-21-5-4-16(13-18(21)25)30-23(19-3-2-6-27-19)28-22-17(24(30)31)11-15(14-26)12-20(22)29-7-9-33-10-8-29/h4-5,11-13,19,27H,2-3,6-10H2,1H3. The number of rotatable bonds is 4. The molecule has 1 N–H and O–H groups in total. The van der Waals surface area contributed by atoms with Crippen molar-refractivity contribution in [3.8, 4) is 17.5 Å². The van der Waals surface area contributed by atoms with Crippen molar-refractivity contribution >= 4 is 16.6 Å². The Kier molecular flexibility index (Phi) is 5.70. The fraction of sp³-hybridized carbons (Fsp3) is 0.375. The van der Waals surface area contributed by atoms with Gasteiger partial charge < -0.3 is 19.7 Å². The normalized spacial score (nSPS) is 18.5. The van der Waals surface area contributed by atoms with Crippen molar-refractivity contribution < 1.29 is 13.9 Å². The number of hydrogen-bond donors (Lipinski definition) is 1. The second-order valence-electron chi connectivity index (χ2n) is 8.18. The molecule has 2 aliphatic rings. The second kappa shape index (κ2) is 8.81. The third kappa shape index (κ3) is 3.81. The number of nitrogens with zero attached hydrogens (tertiary/aromatic N) is 4. The molecule has 0 radical (unpaired) electrons. The SMILES string of the molecule is COc1ccc(-n2c(C3CCCN3)nc3c(N4CCOCC4)cc(C#N)cc3c2=O)cc1F. The minimum absolute atomic E-state index is 0.0995. The van der Waals surface area contributed by atoms with E-state index in [2.05, 4.69) is 16.3 Å². The van der Waals surface area contributed by atoms with Crippen molar-refractivity contribution in [3.05, 3.63) is 57.9 Å². The van der Waals surface area contributed by atoms with Gasteiger partial charge in [-0.05, 0) is 43.7 Å². The van der Waals surface area contributed by atoms with E-state index in [1.165, 1.54) is 23.8 Å². The van der Waals surface area contributed by atoms with Crippen molar-refractivity contribution in [1.29, 1.82) is 5.26 Å². The average Bonchev–Trinajstić information content (AvgIpc) is 3.39. The monoisotopic (exact) mass is 449 g/mol. The molecule has 0 aliphatic carbocycles. The predicted molar refractivity (Wildman–Crippen MR) is 122 cm³/mol. The molecule has 3 heterocycles. The van der Waals surface area contributed by atoms with Crippen molar-refractivity contribution in [2.75, 3.05) is 44.9 Å². The van der Waals surface area contributed by atoms with Crippen LogP contribution in [0.1, 0.15) is 30.3 Å². The number of methoxy groups -OCH3 is 1. The summed E-state index contributed by atoms with van der Waals surface area (Å²) in [6, 6.07) is 9.79. The van der Waals surface area contributed by atoms with Gasteiger partial charge in [-0.15, -0.1) is 0 Å². The van der Waals surface area contributed by atoms with Crippen LogP contribution in [0.3, 0.4) is 0 Å². The summed E-state index contributed by atoms with van der Waals surface area (Å²) in [7, 11) is 1.40. The lowest BCUT2D eigenvalue weighted by Crippen LogP contribution is -2.37. The fourth-order valence-electron chi connectivity index (χ4n) is 4.58. The van der Waals surface area contributed by atoms with E-state index >= 15 is 0 Å². The van der Waals surface area contributed by atoms with Gasteiger partial charge in [0.2, 0.25) is 0 Å². The Morgan fingerprint density at radius 2 is 2.09 bits per heavy atom. The molecule has 0 saturated carbocycles. The van der Waals surface area contributed by atoms with Crippen LogP contribution in [0.2, 0.25) is 0 Å². The molecule has 2 aromatic carbocycles. The molecule has 1 aromatic heterocycles. The van der Waals surface area contributed by atoms with Crippen LogP contribution in [-0.4, -0.2) is 49.5 Å².